The van der Waals surface area contributed by atoms with Crippen molar-refractivity contribution in [2.75, 3.05) is 13.1 Å². The lowest BCUT2D eigenvalue weighted by Crippen LogP contribution is -2.30. The Kier molecular flexibility index (Phi) is 3.01. The molecule has 0 aliphatic carbocycles. The summed E-state index contributed by atoms with van der Waals surface area (Å²) in [5.41, 5.74) is 2.77. The van der Waals surface area contributed by atoms with Gasteiger partial charge in [0.05, 0.1) is 12.7 Å². The van der Waals surface area contributed by atoms with E-state index in [2.05, 4.69) is 39.4 Å². The van der Waals surface area contributed by atoms with E-state index in [1.165, 1.54) is 24.0 Å². The van der Waals surface area contributed by atoms with Gasteiger partial charge in [0, 0.05) is 4.47 Å². The first-order chi connectivity index (χ1) is 7.84. The highest BCUT2D eigenvalue weighted by Gasteiger charge is 2.31. The number of halogens is 1. The molecule has 16 heavy (non-hydrogen) atoms. The van der Waals surface area contributed by atoms with Crippen LogP contribution in [0.5, 0.6) is 0 Å². The normalized spacial score (nSPS) is 25.7. The largest absolute Gasteiger partial charge is 0.369 e. The molecule has 86 valence electrons. The minimum atomic E-state index is 0.328. The summed E-state index contributed by atoms with van der Waals surface area (Å²) in [7, 11) is 0. The maximum atomic E-state index is 5.97. The predicted octanol–water partition coefficient (Wildman–Crippen LogP) is 3.02. The molecule has 0 amide bonds. The monoisotopic (exact) mass is 281 g/mol. The molecule has 1 N–H and O–H groups in total. The van der Waals surface area contributed by atoms with Crippen molar-refractivity contribution in [2.24, 2.45) is 5.92 Å². The Bertz CT molecular complexity index is 388. The summed E-state index contributed by atoms with van der Waals surface area (Å²) in [6.45, 7) is 3.05. The molecule has 2 heterocycles. The number of benzene rings is 1. The van der Waals surface area contributed by atoms with E-state index < -0.39 is 0 Å². The lowest BCUT2D eigenvalue weighted by atomic mass is 9.88. The van der Waals surface area contributed by atoms with Gasteiger partial charge in [0.2, 0.25) is 0 Å². The van der Waals surface area contributed by atoms with Gasteiger partial charge in [0.1, 0.15) is 0 Å². The number of hydrogen-bond donors (Lipinski definition) is 1. The molecule has 3 rings (SSSR count). The third-order valence-electron chi connectivity index (χ3n) is 3.64. The van der Waals surface area contributed by atoms with Crippen LogP contribution in [0, 0.1) is 5.92 Å². The van der Waals surface area contributed by atoms with Crippen LogP contribution in [-0.2, 0) is 11.3 Å². The summed E-state index contributed by atoms with van der Waals surface area (Å²) in [5.74, 6) is 0.691. The zero-order valence-corrected chi connectivity index (χ0v) is 10.8. The fourth-order valence-electron chi connectivity index (χ4n) is 2.77. The molecule has 0 aromatic heterocycles. The molecule has 1 aromatic rings. The molecule has 1 atom stereocenters. The first-order valence-corrected chi connectivity index (χ1v) is 6.74. The highest BCUT2D eigenvalue weighted by atomic mass is 79.9. The second-order valence-electron chi connectivity index (χ2n) is 4.66. The van der Waals surface area contributed by atoms with Crippen molar-refractivity contribution in [3.8, 4) is 0 Å². The van der Waals surface area contributed by atoms with E-state index >= 15 is 0 Å². The molecule has 0 saturated carbocycles. The minimum Gasteiger partial charge on any atom is -0.369 e. The molecule has 1 unspecified atom stereocenters. The number of nitrogens with one attached hydrogen (secondary N) is 1. The van der Waals surface area contributed by atoms with Crippen LogP contribution in [0.15, 0.2) is 22.7 Å². The molecular weight excluding hydrogens is 266 g/mol. The maximum Gasteiger partial charge on any atom is 0.0862 e. The van der Waals surface area contributed by atoms with Crippen molar-refractivity contribution in [2.45, 2.75) is 25.6 Å². The lowest BCUT2D eigenvalue weighted by molar-refractivity contribution is 0.0129. The zero-order chi connectivity index (χ0) is 11.0. The van der Waals surface area contributed by atoms with Gasteiger partial charge in [0.25, 0.3) is 0 Å². The second-order valence-corrected chi connectivity index (χ2v) is 5.58. The van der Waals surface area contributed by atoms with Crippen molar-refractivity contribution in [3.63, 3.8) is 0 Å². The Balaban J connectivity index is 1.86. The van der Waals surface area contributed by atoms with E-state index in [1.54, 1.807) is 0 Å². The van der Waals surface area contributed by atoms with E-state index in [0.717, 1.165) is 24.2 Å². The number of piperidine rings is 1. The number of rotatable bonds is 1. The van der Waals surface area contributed by atoms with Crippen molar-refractivity contribution in [1.29, 1.82) is 0 Å². The summed E-state index contributed by atoms with van der Waals surface area (Å²) in [6, 6.07) is 6.52. The van der Waals surface area contributed by atoms with Gasteiger partial charge in [-0.1, -0.05) is 22.0 Å². The SMILES string of the molecule is Brc1ccc2c(c1)C(C1CCNCC1)OC2. The zero-order valence-electron chi connectivity index (χ0n) is 9.21. The molecule has 0 spiro atoms. The van der Waals surface area contributed by atoms with Gasteiger partial charge < -0.3 is 10.1 Å². The van der Waals surface area contributed by atoms with Gasteiger partial charge in [-0.3, -0.25) is 0 Å². The van der Waals surface area contributed by atoms with Gasteiger partial charge in [-0.15, -0.1) is 0 Å². The Morgan fingerprint density at radius 1 is 1.25 bits per heavy atom. The van der Waals surface area contributed by atoms with Gasteiger partial charge in [0.15, 0.2) is 0 Å². The molecule has 0 radical (unpaired) electrons. The Hall–Kier alpha value is -0.380. The highest BCUT2D eigenvalue weighted by Crippen LogP contribution is 2.40. The van der Waals surface area contributed by atoms with Crippen LogP contribution in [-0.4, -0.2) is 13.1 Å². The first kappa shape index (κ1) is 10.8. The third kappa shape index (κ3) is 1.92. The van der Waals surface area contributed by atoms with E-state index in [0.29, 0.717) is 12.0 Å². The Labute approximate surface area is 105 Å². The molecule has 1 saturated heterocycles. The van der Waals surface area contributed by atoms with Crippen molar-refractivity contribution in [1.82, 2.24) is 5.32 Å². The second kappa shape index (κ2) is 4.47. The first-order valence-electron chi connectivity index (χ1n) is 5.95. The quantitative estimate of drug-likeness (QED) is 0.855. The smallest absolute Gasteiger partial charge is 0.0862 e. The summed E-state index contributed by atoms with van der Waals surface area (Å²) in [6.07, 6.45) is 2.79. The molecule has 1 aromatic carbocycles. The van der Waals surface area contributed by atoms with Crippen LogP contribution in [0.25, 0.3) is 0 Å². The summed E-state index contributed by atoms with van der Waals surface area (Å²) in [5, 5.41) is 3.41. The number of fused-ring (bicyclic) bond motifs is 1. The van der Waals surface area contributed by atoms with Crippen molar-refractivity contribution < 1.29 is 4.74 Å². The minimum absolute atomic E-state index is 0.328. The van der Waals surface area contributed by atoms with E-state index in [-0.39, 0.29) is 0 Å². The third-order valence-corrected chi connectivity index (χ3v) is 4.14. The average molecular weight is 282 g/mol. The van der Waals surface area contributed by atoms with Crippen molar-refractivity contribution >= 4 is 15.9 Å². The fraction of sp³-hybridized carbons (Fsp3) is 0.538. The summed E-state index contributed by atoms with van der Waals surface area (Å²) in [4.78, 5) is 0. The Morgan fingerprint density at radius 3 is 2.88 bits per heavy atom. The summed E-state index contributed by atoms with van der Waals surface area (Å²) >= 11 is 3.55. The van der Waals surface area contributed by atoms with Crippen LogP contribution in [0.3, 0.4) is 0 Å². The van der Waals surface area contributed by atoms with E-state index in [9.17, 15) is 0 Å². The average Bonchev–Trinajstić information content (AvgIpc) is 2.73. The summed E-state index contributed by atoms with van der Waals surface area (Å²) < 4.78 is 7.13. The van der Waals surface area contributed by atoms with E-state index in [4.69, 9.17) is 4.74 Å². The standard InChI is InChI=1S/C13H16BrNO/c14-11-2-1-10-8-16-13(12(10)7-11)9-3-5-15-6-4-9/h1-2,7,9,13,15H,3-6,8H2. The van der Waals surface area contributed by atoms with Gasteiger partial charge in [-0.25, -0.2) is 0 Å². The predicted molar refractivity (Wildman–Crippen MR) is 67.3 cm³/mol. The van der Waals surface area contributed by atoms with Crippen LogP contribution in [0.4, 0.5) is 0 Å². The maximum absolute atomic E-state index is 5.97. The molecule has 1 fully saturated rings. The molecule has 2 nitrogen and oxygen atoms in total. The van der Waals surface area contributed by atoms with E-state index in [1.807, 2.05) is 0 Å². The van der Waals surface area contributed by atoms with Gasteiger partial charge in [-0.2, -0.15) is 0 Å². The van der Waals surface area contributed by atoms with Crippen LogP contribution < -0.4 is 5.32 Å². The molecule has 2 aliphatic rings. The van der Waals surface area contributed by atoms with Crippen LogP contribution in [0.2, 0.25) is 0 Å². The number of hydrogen-bond acceptors (Lipinski definition) is 2. The van der Waals surface area contributed by atoms with Crippen LogP contribution in [0.1, 0.15) is 30.1 Å². The molecule has 2 aliphatic heterocycles. The van der Waals surface area contributed by atoms with Gasteiger partial charge in [-0.05, 0) is 55.1 Å². The fourth-order valence-corrected chi connectivity index (χ4v) is 3.15. The number of ether oxygens (including phenoxy) is 1. The van der Waals surface area contributed by atoms with Crippen molar-refractivity contribution in [3.05, 3.63) is 33.8 Å². The molecule has 3 heteroatoms. The molecular formula is C13H16BrNO. The highest BCUT2D eigenvalue weighted by molar-refractivity contribution is 9.10. The lowest BCUT2D eigenvalue weighted by Gasteiger charge is -2.28. The topological polar surface area (TPSA) is 21.3 Å². The van der Waals surface area contributed by atoms with Gasteiger partial charge >= 0.3 is 0 Å². The van der Waals surface area contributed by atoms with Crippen LogP contribution >= 0.6 is 15.9 Å². The Morgan fingerprint density at radius 2 is 2.06 bits per heavy atom. The molecule has 0 bridgehead atoms.